The van der Waals surface area contributed by atoms with Gasteiger partial charge in [0.25, 0.3) is 0 Å². The number of aliphatic imine (C=N–C) groups is 1. The van der Waals surface area contributed by atoms with Gasteiger partial charge in [0.1, 0.15) is 0 Å². The number of thioether (sulfide) groups is 1. The lowest BCUT2D eigenvalue weighted by Gasteiger charge is -2.31. The highest BCUT2D eigenvalue weighted by Gasteiger charge is 2.36. The van der Waals surface area contributed by atoms with Crippen LogP contribution in [0.25, 0.3) is 0 Å². The molecule has 0 aliphatic carbocycles. The van der Waals surface area contributed by atoms with Crippen LogP contribution in [-0.4, -0.2) is 22.7 Å². The van der Waals surface area contributed by atoms with Gasteiger partial charge in [-0.15, -0.1) is 0 Å². The van der Waals surface area contributed by atoms with Crippen LogP contribution < -0.4 is 0 Å². The number of amidine groups is 1. The molecule has 0 spiro atoms. The summed E-state index contributed by atoms with van der Waals surface area (Å²) in [5, 5.41) is 3.44. The number of hydrogen-bond acceptors (Lipinski definition) is 3. The molecule has 2 heterocycles. The molecule has 72 valence electrons. The summed E-state index contributed by atoms with van der Waals surface area (Å²) in [5.41, 5.74) is 1.66. The number of nitrogens with zero attached hydrogens (tertiary/aromatic N) is 2. The Balaban J connectivity index is 2.29. The normalized spacial score (nSPS) is 27.4. The zero-order valence-corrected chi connectivity index (χ0v) is 9.48. The first-order chi connectivity index (χ1) is 6.00. The summed E-state index contributed by atoms with van der Waals surface area (Å²) in [6, 6.07) is 0.551. The smallest absolute Gasteiger partial charge is 0.168 e. The van der Waals surface area contributed by atoms with Crippen LogP contribution >= 0.6 is 11.8 Å². The summed E-state index contributed by atoms with van der Waals surface area (Å²) in [5.74, 6) is 0. The van der Waals surface area contributed by atoms with E-state index < -0.39 is 0 Å². The lowest BCUT2D eigenvalue weighted by atomic mass is 9.91. The topological polar surface area (TPSA) is 15.6 Å². The Morgan fingerprint density at radius 2 is 2.23 bits per heavy atom. The van der Waals surface area contributed by atoms with Crippen molar-refractivity contribution in [3.63, 3.8) is 0 Å². The fraction of sp³-hybridized carbons (Fsp3) is 0.700. The summed E-state index contributed by atoms with van der Waals surface area (Å²) in [6.45, 7) is 9.96. The molecule has 0 N–H and O–H groups in total. The Morgan fingerprint density at radius 1 is 1.54 bits per heavy atom. The van der Waals surface area contributed by atoms with Gasteiger partial charge in [-0.25, -0.2) is 0 Å². The van der Waals surface area contributed by atoms with Crippen LogP contribution in [-0.2, 0) is 0 Å². The Hall–Kier alpha value is -0.440. The van der Waals surface area contributed by atoms with Crippen LogP contribution in [0.4, 0.5) is 0 Å². The van der Waals surface area contributed by atoms with Crippen LogP contribution in [0.1, 0.15) is 27.7 Å². The van der Waals surface area contributed by atoms with Crippen molar-refractivity contribution < 1.29 is 0 Å². The van der Waals surface area contributed by atoms with E-state index in [9.17, 15) is 0 Å². The molecule has 2 aliphatic heterocycles. The fourth-order valence-corrected chi connectivity index (χ4v) is 2.92. The average molecular weight is 196 g/mol. The van der Waals surface area contributed by atoms with Crippen molar-refractivity contribution >= 4 is 16.9 Å². The van der Waals surface area contributed by atoms with E-state index in [0.717, 1.165) is 6.54 Å². The third kappa shape index (κ3) is 1.39. The van der Waals surface area contributed by atoms with E-state index in [4.69, 9.17) is 0 Å². The molecule has 0 bridgehead atoms. The Labute approximate surface area is 84.1 Å². The minimum absolute atomic E-state index is 0.239. The molecule has 1 atom stereocenters. The first kappa shape index (κ1) is 9.13. The van der Waals surface area contributed by atoms with Crippen LogP contribution in [0.2, 0.25) is 0 Å². The minimum Gasteiger partial charge on any atom is -0.319 e. The third-order valence-corrected chi connectivity index (χ3v) is 3.32. The van der Waals surface area contributed by atoms with E-state index in [1.807, 2.05) is 0 Å². The van der Waals surface area contributed by atoms with E-state index in [0.29, 0.717) is 6.04 Å². The summed E-state index contributed by atoms with van der Waals surface area (Å²) < 4.78 is 0. The van der Waals surface area contributed by atoms with Gasteiger partial charge in [-0.05, 0) is 12.3 Å². The molecular weight excluding hydrogens is 180 g/mol. The maximum absolute atomic E-state index is 4.50. The summed E-state index contributed by atoms with van der Waals surface area (Å²) in [6.07, 6.45) is 0. The minimum atomic E-state index is 0.239. The number of hydrogen-bond donors (Lipinski definition) is 0. The van der Waals surface area contributed by atoms with Gasteiger partial charge >= 0.3 is 0 Å². The molecule has 2 aliphatic rings. The molecule has 2 rings (SSSR count). The van der Waals surface area contributed by atoms with Gasteiger partial charge in [0.05, 0.1) is 12.6 Å². The van der Waals surface area contributed by atoms with Crippen molar-refractivity contribution in [3.05, 3.63) is 11.1 Å². The SMILES string of the molecule is CC1CN=C2SC=C(C(C)(C)C)N21. The highest BCUT2D eigenvalue weighted by Crippen LogP contribution is 2.41. The molecular formula is C10H16N2S. The van der Waals surface area contributed by atoms with Crippen LogP contribution in [0.3, 0.4) is 0 Å². The Kier molecular flexibility index (Phi) is 1.95. The van der Waals surface area contributed by atoms with Gasteiger partial charge in [0, 0.05) is 11.1 Å². The number of allylic oxidation sites excluding steroid dienone is 1. The standard InChI is InChI=1S/C10H16N2S/c1-7-5-11-9-12(7)8(6-13-9)10(2,3)4/h6-7H,5H2,1-4H3. The predicted molar refractivity (Wildman–Crippen MR) is 58.7 cm³/mol. The van der Waals surface area contributed by atoms with Crippen molar-refractivity contribution in [2.24, 2.45) is 10.4 Å². The second-order valence-corrected chi connectivity index (χ2v) is 5.55. The molecule has 0 amide bonds. The molecule has 0 saturated carbocycles. The van der Waals surface area contributed by atoms with Gasteiger partial charge in [-0.3, -0.25) is 4.99 Å². The molecule has 0 aromatic carbocycles. The fourth-order valence-electron chi connectivity index (χ4n) is 1.69. The number of rotatable bonds is 0. The summed E-state index contributed by atoms with van der Waals surface area (Å²) in [7, 11) is 0. The molecule has 0 fully saturated rings. The second kappa shape index (κ2) is 2.77. The molecule has 0 aromatic rings. The summed E-state index contributed by atoms with van der Waals surface area (Å²) in [4.78, 5) is 6.88. The Morgan fingerprint density at radius 3 is 2.85 bits per heavy atom. The first-order valence-electron chi connectivity index (χ1n) is 4.71. The first-order valence-corrected chi connectivity index (χ1v) is 5.59. The summed E-state index contributed by atoms with van der Waals surface area (Å²) >= 11 is 1.77. The van der Waals surface area contributed by atoms with E-state index in [2.05, 4.69) is 43.0 Å². The number of fused-ring (bicyclic) bond motifs is 1. The zero-order chi connectivity index (χ0) is 9.64. The van der Waals surface area contributed by atoms with Gasteiger partial charge in [0.2, 0.25) is 0 Å². The van der Waals surface area contributed by atoms with Gasteiger partial charge < -0.3 is 4.90 Å². The van der Waals surface area contributed by atoms with Crippen LogP contribution in [0.5, 0.6) is 0 Å². The predicted octanol–water partition coefficient (Wildman–Crippen LogP) is 2.68. The molecule has 0 radical (unpaired) electrons. The highest BCUT2D eigenvalue weighted by atomic mass is 32.2. The molecule has 2 nitrogen and oxygen atoms in total. The van der Waals surface area contributed by atoms with E-state index in [1.165, 1.54) is 10.9 Å². The monoisotopic (exact) mass is 196 g/mol. The maximum Gasteiger partial charge on any atom is 0.168 e. The zero-order valence-electron chi connectivity index (χ0n) is 8.66. The van der Waals surface area contributed by atoms with Crippen molar-refractivity contribution in [2.75, 3.05) is 6.54 Å². The van der Waals surface area contributed by atoms with Crippen molar-refractivity contribution in [2.45, 2.75) is 33.7 Å². The maximum atomic E-state index is 4.50. The molecule has 0 aromatic heterocycles. The van der Waals surface area contributed by atoms with Gasteiger partial charge in [-0.2, -0.15) is 0 Å². The van der Waals surface area contributed by atoms with Crippen molar-refractivity contribution in [1.29, 1.82) is 0 Å². The van der Waals surface area contributed by atoms with E-state index >= 15 is 0 Å². The van der Waals surface area contributed by atoms with E-state index in [1.54, 1.807) is 11.8 Å². The Bertz CT molecular complexity index is 286. The second-order valence-electron chi connectivity index (χ2n) is 4.71. The van der Waals surface area contributed by atoms with Crippen molar-refractivity contribution in [1.82, 2.24) is 4.90 Å². The third-order valence-electron chi connectivity index (χ3n) is 2.44. The molecule has 13 heavy (non-hydrogen) atoms. The molecule has 0 saturated heterocycles. The highest BCUT2D eigenvalue weighted by molar-refractivity contribution is 8.16. The van der Waals surface area contributed by atoms with Crippen molar-refractivity contribution in [3.8, 4) is 0 Å². The van der Waals surface area contributed by atoms with Gasteiger partial charge in [-0.1, -0.05) is 32.5 Å². The lowest BCUT2D eigenvalue weighted by molar-refractivity contribution is 0.338. The van der Waals surface area contributed by atoms with Crippen LogP contribution in [0, 0.1) is 5.41 Å². The average Bonchev–Trinajstić information content (AvgIpc) is 2.51. The quantitative estimate of drug-likeness (QED) is 0.592. The van der Waals surface area contributed by atoms with E-state index in [-0.39, 0.29) is 5.41 Å². The molecule has 1 unspecified atom stereocenters. The lowest BCUT2D eigenvalue weighted by Crippen LogP contribution is -2.34. The van der Waals surface area contributed by atoms with Crippen LogP contribution in [0.15, 0.2) is 16.1 Å². The molecule has 3 heteroatoms. The largest absolute Gasteiger partial charge is 0.319 e. The van der Waals surface area contributed by atoms with Gasteiger partial charge in [0.15, 0.2) is 5.17 Å².